The van der Waals surface area contributed by atoms with Crippen molar-refractivity contribution in [2.45, 2.75) is 25.2 Å². The zero-order valence-corrected chi connectivity index (χ0v) is 16.0. The minimum atomic E-state index is -5.08. The van der Waals surface area contributed by atoms with E-state index in [1.807, 2.05) is 25.4 Å². The first-order valence-electron chi connectivity index (χ1n) is 8.27. The largest absolute Gasteiger partial charge is 0.490 e. The van der Waals surface area contributed by atoms with E-state index in [1.165, 1.54) is 10.1 Å². The summed E-state index contributed by atoms with van der Waals surface area (Å²) in [5.41, 5.74) is 2.04. The Labute approximate surface area is 167 Å². The van der Waals surface area contributed by atoms with Crippen molar-refractivity contribution in [2.75, 3.05) is 0 Å². The molecule has 0 bridgehead atoms. The van der Waals surface area contributed by atoms with Crippen LogP contribution in [0.25, 0.3) is 10.1 Å². The Balaban J connectivity index is 0.000000370. The fraction of sp³-hybridized carbons (Fsp3) is 0.278. The number of carboxylic acids is 2. The third-order valence-electron chi connectivity index (χ3n) is 3.84. The standard InChI is InChI=1S/C16H17N3O2S.C2HF3O2/c1-19-10-11(8-18-19)7-14(16(20)21)17-9-13-4-2-3-12-5-6-22-15(12)13;3-2(4,5)1(6)7/h2-6,8,10,14,17H,7,9H2,1H3,(H,20,21);(H,6,7). The van der Waals surface area contributed by atoms with Gasteiger partial charge in [-0.2, -0.15) is 18.3 Å². The molecule has 3 rings (SSSR count). The van der Waals surface area contributed by atoms with Crippen LogP contribution in [0.4, 0.5) is 13.2 Å². The van der Waals surface area contributed by atoms with E-state index in [2.05, 4.69) is 27.9 Å². The zero-order chi connectivity index (χ0) is 21.6. The van der Waals surface area contributed by atoms with Gasteiger partial charge in [0.1, 0.15) is 6.04 Å². The molecule has 3 aromatic rings. The van der Waals surface area contributed by atoms with Gasteiger partial charge >= 0.3 is 18.1 Å². The number of thiophene rings is 1. The van der Waals surface area contributed by atoms with Gasteiger partial charge in [-0.25, -0.2) is 4.79 Å². The molecule has 0 amide bonds. The monoisotopic (exact) mass is 429 g/mol. The van der Waals surface area contributed by atoms with E-state index in [-0.39, 0.29) is 0 Å². The number of nitrogens with zero attached hydrogens (tertiary/aromatic N) is 2. The normalized spacial score (nSPS) is 12.3. The smallest absolute Gasteiger partial charge is 0.480 e. The molecule has 7 nitrogen and oxygen atoms in total. The van der Waals surface area contributed by atoms with Gasteiger partial charge in [0.05, 0.1) is 6.20 Å². The quantitative estimate of drug-likeness (QED) is 0.556. The summed E-state index contributed by atoms with van der Waals surface area (Å²) >= 11 is 1.68. The van der Waals surface area contributed by atoms with Crippen molar-refractivity contribution >= 4 is 33.4 Å². The number of nitrogens with one attached hydrogen (secondary N) is 1. The fourth-order valence-electron chi connectivity index (χ4n) is 2.49. The predicted molar refractivity (Wildman–Crippen MR) is 101 cm³/mol. The van der Waals surface area contributed by atoms with Crippen LogP contribution in [0.5, 0.6) is 0 Å². The molecule has 3 N–H and O–H groups in total. The topological polar surface area (TPSA) is 104 Å². The zero-order valence-electron chi connectivity index (χ0n) is 15.2. The highest BCUT2D eigenvalue weighted by atomic mass is 32.1. The van der Waals surface area contributed by atoms with E-state index >= 15 is 0 Å². The van der Waals surface area contributed by atoms with Crippen LogP contribution in [0.15, 0.2) is 42.0 Å². The number of hydrogen-bond acceptors (Lipinski definition) is 5. The lowest BCUT2D eigenvalue weighted by Gasteiger charge is -2.14. The average Bonchev–Trinajstić information content (AvgIpc) is 3.27. The lowest BCUT2D eigenvalue weighted by Crippen LogP contribution is -2.38. The first-order chi connectivity index (χ1) is 13.6. The maximum absolute atomic E-state index is 11.5. The summed E-state index contributed by atoms with van der Waals surface area (Å²) in [6, 6.07) is 7.56. The number of alkyl halides is 3. The minimum Gasteiger partial charge on any atom is -0.480 e. The van der Waals surface area contributed by atoms with Crippen LogP contribution in [-0.4, -0.2) is 44.2 Å². The van der Waals surface area contributed by atoms with Crippen molar-refractivity contribution in [3.63, 3.8) is 0 Å². The lowest BCUT2D eigenvalue weighted by atomic mass is 10.1. The molecule has 1 aromatic carbocycles. The molecule has 0 saturated carbocycles. The van der Waals surface area contributed by atoms with Gasteiger partial charge in [0.25, 0.3) is 0 Å². The molecule has 0 aliphatic carbocycles. The Morgan fingerprint density at radius 2 is 1.97 bits per heavy atom. The highest BCUT2D eigenvalue weighted by Crippen LogP contribution is 2.24. The van der Waals surface area contributed by atoms with Gasteiger partial charge in [0.2, 0.25) is 0 Å². The molecule has 2 heterocycles. The second kappa shape index (κ2) is 9.52. The summed E-state index contributed by atoms with van der Waals surface area (Å²) in [5, 5.41) is 27.0. The second-order valence-corrected chi connectivity index (χ2v) is 6.97. The number of carbonyl (C=O) groups is 2. The van der Waals surface area contributed by atoms with Crippen molar-refractivity contribution in [2.24, 2.45) is 7.05 Å². The Hall–Kier alpha value is -2.92. The van der Waals surface area contributed by atoms with E-state index in [1.54, 1.807) is 22.2 Å². The summed E-state index contributed by atoms with van der Waals surface area (Å²) in [7, 11) is 1.82. The van der Waals surface area contributed by atoms with Gasteiger partial charge in [0, 0.05) is 30.9 Å². The van der Waals surface area contributed by atoms with Crippen LogP contribution in [0, 0.1) is 0 Å². The molecule has 0 aliphatic rings. The van der Waals surface area contributed by atoms with Gasteiger partial charge in [0.15, 0.2) is 0 Å². The molecule has 11 heteroatoms. The van der Waals surface area contributed by atoms with Crippen molar-refractivity contribution < 1.29 is 33.0 Å². The van der Waals surface area contributed by atoms with Crippen molar-refractivity contribution in [3.8, 4) is 0 Å². The second-order valence-electron chi connectivity index (χ2n) is 6.06. The number of aliphatic carboxylic acids is 2. The van der Waals surface area contributed by atoms with E-state index in [9.17, 15) is 23.1 Å². The average molecular weight is 429 g/mol. The minimum absolute atomic E-state index is 0.420. The van der Waals surface area contributed by atoms with Crippen molar-refractivity contribution in [3.05, 3.63) is 53.2 Å². The van der Waals surface area contributed by atoms with Gasteiger partial charge < -0.3 is 10.2 Å². The first-order valence-corrected chi connectivity index (χ1v) is 9.15. The first kappa shape index (κ1) is 22.4. The van der Waals surface area contributed by atoms with Crippen LogP contribution in [0.2, 0.25) is 0 Å². The Morgan fingerprint density at radius 1 is 1.28 bits per heavy atom. The third-order valence-corrected chi connectivity index (χ3v) is 4.84. The Bertz CT molecular complexity index is 984. The molecule has 0 spiro atoms. The summed E-state index contributed by atoms with van der Waals surface area (Å²) in [6.45, 7) is 0.537. The van der Waals surface area contributed by atoms with Crippen LogP contribution in [0.3, 0.4) is 0 Å². The number of fused-ring (bicyclic) bond motifs is 1. The van der Waals surface area contributed by atoms with Crippen LogP contribution in [-0.2, 0) is 29.6 Å². The highest BCUT2D eigenvalue weighted by Gasteiger charge is 2.38. The van der Waals surface area contributed by atoms with Crippen LogP contribution in [0.1, 0.15) is 11.1 Å². The molecular weight excluding hydrogens is 411 g/mol. The third kappa shape index (κ3) is 6.57. The molecular formula is C18H18F3N3O4S. The molecule has 2 aromatic heterocycles. The van der Waals surface area contributed by atoms with Gasteiger partial charge in [-0.15, -0.1) is 11.3 Å². The Kier molecular flexibility index (Phi) is 7.35. The molecule has 0 radical (unpaired) electrons. The number of aromatic nitrogens is 2. The molecule has 0 saturated heterocycles. The fourth-order valence-corrected chi connectivity index (χ4v) is 3.40. The SMILES string of the molecule is Cn1cc(CC(NCc2cccc3ccsc23)C(=O)O)cn1.O=C(O)C(F)(F)F. The predicted octanol–water partition coefficient (Wildman–Crippen LogP) is 3.05. The number of aryl methyl sites for hydroxylation is 1. The van der Waals surface area contributed by atoms with Gasteiger partial charge in [-0.05, 0) is 28.0 Å². The van der Waals surface area contributed by atoms with E-state index in [0.29, 0.717) is 13.0 Å². The number of rotatable bonds is 6. The number of benzene rings is 1. The summed E-state index contributed by atoms with van der Waals surface area (Å²) in [6.07, 6.45) is -1.11. The van der Waals surface area contributed by atoms with Gasteiger partial charge in [-0.1, -0.05) is 18.2 Å². The maximum atomic E-state index is 11.5. The maximum Gasteiger partial charge on any atom is 0.490 e. The molecule has 0 fully saturated rings. The summed E-state index contributed by atoms with van der Waals surface area (Å²) in [5.74, 6) is -3.60. The number of halogens is 3. The molecule has 1 unspecified atom stereocenters. The van der Waals surface area contributed by atoms with Gasteiger partial charge in [-0.3, -0.25) is 14.8 Å². The lowest BCUT2D eigenvalue weighted by molar-refractivity contribution is -0.192. The Morgan fingerprint density at radius 3 is 2.52 bits per heavy atom. The summed E-state index contributed by atoms with van der Waals surface area (Å²) < 4.78 is 34.6. The molecule has 0 aliphatic heterocycles. The van der Waals surface area contributed by atoms with Crippen LogP contribution < -0.4 is 5.32 Å². The molecule has 29 heavy (non-hydrogen) atoms. The van der Waals surface area contributed by atoms with Crippen LogP contribution >= 0.6 is 11.3 Å². The van der Waals surface area contributed by atoms with Crippen molar-refractivity contribution in [1.82, 2.24) is 15.1 Å². The van der Waals surface area contributed by atoms with E-state index < -0.39 is 24.2 Å². The molecule has 1 atom stereocenters. The summed E-state index contributed by atoms with van der Waals surface area (Å²) in [4.78, 5) is 20.4. The van der Waals surface area contributed by atoms with Crippen molar-refractivity contribution in [1.29, 1.82) is 0 Å². The van der Waals surface area contributed by atoms with E-state index in [4.69, 9.17) is 9.90 Å². The number of carboxylic acid groups (broad SMARTS) is 2. The van der Waals surface area contributed by atoms with E-state index in [0.717, 1.165) is 11.1 Å². The molecule has 156 valence electrons. The number of hydrogen-bond donors (Lipinski definition) is 3. The highest BCUT2D eigenvalue weighted by molar-refractivity contribution is 7.17.